The summed E-state index contributed by atoms with van der Waals surface area (Å²) in [6.07, 6.45) is -28.9. The van der Waals surface area contributed by atoms with E-state index in [0.29, 0.717) is 7.11 Å². The lowest BCUT2D eigenvalue weighted by molar-refractivity contribution is -0.346. The number of rotatable bonds is 19. The minimum Gasteiger partial charge on any atom is -0.353 e. The van der Waals surface area contributed by atoms with Gasteiger partial charge in [-0.3, -0.25) is 31.9 Å². The van der Waals surface area contributed by atoms with Gasteiger partial charge in [0.15, 0.2) is 24.8 Å². The molecule has 0 aliphatic carbocycles. The van der Waals surface area contributed by atoms with Crippen molar-refractivity contribution in [2.75, 3.05) is 20.3 Å². The number of ether oxygens (including phenoxy) is 4. The molecule has 0 radical (unpaired) electrons. The summed E-state index contributed by atoms with van der Waals surface area (Å²) in [5, 5.41) is 0. The third-order valence-corrected chi connectivity index (χ3v) is 8.83. The molecule has 2 fully saturated rings. The number of hydrogen-bond acceptors (Lipinski definition) is 25. The van der Waals surface area contributed by atoms with E-state index < -0.39 is 147 Å². The molecule has 2 rings (SSSR count). The van der Waals surface area contributed by atoms with Gasteiger partial charge in [0.05, 0.1) is 13.2 Å². The molecular formula is C13H24O32S7. The van der Waals surface area contributed by atoms with Crippen LogP contribution in [-0.2, 0) is 121 Å². The predicted octanol–water partition coefficient (Wildman–Crippen LogP) is -5.95. The van der Waals surface area contributed by atoms with Crippen molar-refractivity contribution in [3.8, 4) is 0 Å². The zero-order valence-corrected chi connectivity index (χ0v) is 30.1. The monoisotopic (exact) mass is 916 g/mol. The largest absolute Gasteiger partial charge is 0.397 e. The van der Waals surface area contributed by atoms with Gasteiger partial charge in [-0.2, -0.15) is 58.9 Å². The highest BCUT2D eigenvalue weighted by Crippen LogP contribution is 2.37. The molecule has 7 N–H and O–H groups in total. The molecule has 2 aliphatic heterocycles. The first-order valence-electron chi connectivity index (χ1n) is 12.1. The van der Waals surface area contributed by atoms with Crippen LogP contribution in [0.1, 0.15) is 0 Å². The Balaban J connectivity index is 2.95. The van der Waals surface area contributed by atoms with Gasteiger partial charge in [-0.05, 0) is 0 Å². The van der Waals surface area contributed by atoms with Crippen LogP contribution in [0.15, 0.2) is 0 Å². The Morgan fingerprint density at radius 1 is 0.404 bits per heavy atom. The predicted molar refractivity (Wildman–Crippen MR) is 146 cm³/mol. The molecule has 32 nitrogen and oxygen atoms in total. The quantitative estimate of drug-likeness (QED) is 0.0593. The Morgan fingerprint density at radius 3 is 1.04 bits per heavy atom. The van der Waals surface area contributed by atoms with Crippen LogP contribution in [-0.4, -0.2) is 173 Å². The second kappa shape index (κ2) is 17.0. The van der Waals surface area contributed by atoms with Crippen LogP contribution >= 0.6 is 0 Å². The van der Waals surface area contributed by atoms with Crippen molar-refractivity contribution >= 4 is 72.8 Å². The lowest BCUT2D eigenvalue weighted by Gasteiger charge is -2.48. The average Bonchev–Trinajstić information content (AvgIpc) is 2.87. The van der Waals surface area contributed by atoms with Gasteiger partial charge >= 0.3 is 72.8 Å². The zero-order valence-electron chi connectivity index (χ0n) is 24.4. The van der Waals surface area contributed by atoms with Gasteiger partial charge < -0.3 is 18.9 Å². The highest BCUT2D eigenvalue weighted by atomic mass is 32.3. The molecule has 2 saturated heterocycles. The van der Waals surface area contributed by atoms with Crippen LogP contribution in [0, 0.1) is 0 Å². The molecule has 0 amide bonds. The second-order valence-electron chi connectivity index (χ2n) is 9.29. The SMILES string of the molecule is CO[C@H]1O[C@H](COS(=O)(=O)O)[C@@H](O[C@H]2O[C@H](COS(=O)(=O)O)[C@@H](OS(=O)(=O)O)[C@H](OS(=O)(=O)O)[C@@H]2OS(=O)(=O)O)[C@H](OS(=O)(=O)O)[C@@H]1OS(=O)(=O)O. The second-order valence-corrected chi connectivity index (χ2v) is 16.7. The van der Waals surface area contributed by atoms with E-state index in [1.807, 2.05) is 0 Å². The van der Waals surface area contributed by atoms with E-state index in [0.717, 1.165) is 0 Å². The van der Waals surface area contributed by atoms with Gasteiger partial charge in [0.1, 0.15) is 36.6 Å². The van der Waals surface area contributed by atoms with Crippen LogP contribution in [0.3, 0.4) is 0 Å². The fourth-order valence-electron chi connectivity index (χ4n) is 4.19. The molecular weight excluding hydrogens is 893 g/mol. The molecule has 0 bridgehead atoms. The molecule has 0 unspecified atom stereocenters. The van der Waals surface area contributed by atoms with Crippen LogP contribution in [0.25, 0.3) is 0 Å². The third kappa shape index (κ3) is 16.7. The van der Waals surface area contributed by atoms with E-state index in [1.54, 1.807) is 0 Å². The van der Waals surface area contributed by atoms with E-state index in [-0.39, 0.29) is 0 Å². The van der Waals surface area contributed by atoms with Crippen molar-refractivity contribution in [2.24, 2.45) is 0 Å². The molecule has 2 heterocycles. The molecule has 39 heteroatoms. The number of hydrogen-bond donors (Lipinski definition) is 7. The minimum atomic E-state index is -6.08. The van der Waals surface area contributed by atoms with Gasteiger partial charge in [-0.15, -0.1) is 0 Å². The van der Waals surface area contributed by atoms with E-state index in [1.165, 1.54) is 0 Å². The summed E-state index contributed by atoms with van der Waals surface area (Å²) in [5.41, 5.74) is 0. The van der Waals surface area contributed by atoms with Gasteiger partial charge in [-0.1, -0.05) is 0 Å². The molecule has 310 valence electrons. The highest BCUT2D eigenvalue weighted by Gasteiger charge is 2.58. The van der Waals surface area contributed by atoms with Gasteiger partial charge in [0.2, 0.25) is 0 Å². The summed E-state index contributed by atoms with van der Waals surface area (Å²) >= 11 is 0. The van der Waals surface area contributed by atoms with Crippen LogP contribution in [0.5, 0.6) is 0 Å². The van der Waals surface area contributed by atoms with Crippen LogP contribution < -0.4 is 0 Å². The molecule has 0 aromatic rings. The summed E-state index contributed by atoms with van der Waals surface area (Å²) in [7, 11) is -40.4. The van der Waals surface area contributed by atoms with Crippen LogP contribution in [0.4, 0.5) is 0 Å². The molecule has 0 aromatic heterocycles. The zero-order chi connectivity index (χ0) is 40.5. The van der Waals surface area contributed by atoms with Crippen molar-refractivity contribution in [1.82, 2.24) is 0 Å². The third-order valence-electron chi connectivity index (χ3n) is 5.63. The van der Waals surface area contributed by atoms with Crippen molar-refractivity contribution in [2.45, 2.75) is 61.4 Å². The fraction of sp³-hybridized carbons (Fsp3) is 1.00. The van der Waals surface area contributed by atoms with Gasteiger partial charge in [0.25, 0.3) is 0 Å². The lowest BCUT2D eigenvalue weighted by Crippen LogP contribution is -2.67. The van der Waals surface area contributed by atoms with Crippen molar-refractivity contribution < 1.29 is 139 Å². The molecule has 2 aliphatic rings. The van der Waals surface area contributed by atoms with E-state index in [4.69, 9.17) is 28.1 Å². The average molecular weight is 917 g/mol. The maximum absolute atomic E-state index is 11.8. The summed E-state index contributed by atoms with van der Waals surface area (Å²) in [6, 6.07) is 0. The molecule has 0 aromatic carbocycles. The number of methoxy groups -OCH3 is 1. The van der Waals surface area contributed by atoms with Crippen molar-refractivity contribution in [1.29, 1.82) is 0 Å². The Hall–Kier alpha value is -1.07. The first-order valence-corrected chi connectivity index (χ1v) is 21.6. The first-order chi connectivity index (χ1) is 23.1. The summed E-state index contributed by atoms with van der Waals surface area (Å²) in [6.45, 7) is -3.48. The minimum absolute atomic E-state index is 0.643. The summed E-state index contributed by atoms with van der Waals surface area (Å²) < 4.78 is 276. The van der Waals surface area contributed by atoms with E-state index in [2.05, 4.69) is 29.3 Å². The standard InChI is InChI=1S/C13H24O32S7/c1-35-12-10(44-51(29,30)31)8(42-49(23,24)25)6(4(38-12)2-36-46(14,15)16)40-13-11(45-52(32,33)34)9(43-50(26,27)28)7(41-48(20,21)22)5(39-13)3-37-47(17,18)19/h4-13H,2-3H2,1H3,(H,14,15,16)(H,17,18,19)(H,20,21,22)(H,23,24,25)(H,26,27,28)(H,29,30,31)(H,32,33,34)/t4-,5-,6-,7-,8+,9+,10+,11+,12+,13-/m1/s1. The summed E-state index contributed by atoms with van der Waals surface area (Å²) in [4.78, 5) is 0. The first kappa shape index (κ1) is 47.1. The molecule has 10 atom stereocenters. The topological polar surface area (TPSA) is 482 Å². The van der Waals surface area contributed by atoms with Crippen molar-refractivity contribution in [3.63, 3.8) is 0 Å². The highest BCUT2D eigenvalue weighted by molar-refractivity contribution is 7.82. The van der Waals surface area contributed by atoms with Gasteiger partial charge in [0, 0.05) is 7.11 Å². The molecule has 0 saturated carbocycles. The van der Waals surface area contributed by atoms with E-state index in [9.17, 15) is 81.7 Å². The molecule has 0 spiro atoms. The normalized spacial score (nSPS) is 31.7. The Kier molecular flexibility index (Phi) is 15.4. The fourth-order valence-corrected chi connectivity index (χ4v) is 7.28. The maximum Gasteiger partial charge on any atom is 0.397 e. The lowest BCUT2D eigenvalue weighted by atomic mass is 9.97. The Morgan fingerprint density at radius 2 is 0.692 bits per heavy atom. The van der Waals surface area contributed by atoms with Crippen LogP contribution in [0.2, 0.25) is 0 Å². The Labute approximate surface area is 292 Å². The smallest absolute Gasteiger partial charge is 0.353 e. The Bertz CT molecular complexity index is 2020. The van der Waals surface area contributed by atoms with E-state index >= 15 is 0 Å². The maximum atomic E-state index is 11.8. The van der Waals surface area contributed by atoms with Crippen molar-refractivity contribution in [3.05, 3.63) is 0 Å². The van der Waals surface area contributed by atoms with Gasteiger partial charge in [-0.25, -0.2) is 29.3 Å². The summed E-state index contributed by atoms with van der Waals surface area (Å²) in [5.74, 6) is 0. The molecule has 52 heavy (non-hydrogen) atoms.